The Hall–Kier alpha value is -0.0400. The molecule has 0 aromatic heterocycles. The topological polar surface area (TPSA) is 17.1 Å². The van der Waals surface area contributed by atoms with Crippen LogP contribution in [0.25, 0.3) is 0 Å². The first kappa shape index (κ1) is 8.96. The lowest BCUT2D eigenvalue weighted by molar-refractivity contribution is -0.117. The van der Waals surface area contributed by atoms with E-state index in [-0.39, 0.29) is 5.78 Å². The third-order valence-electron chi connectivity index (χ3n) is 1.24. The largest absolute Gasteiger partial charge is 0.300 e. The molecule has 0 N–H and O–H groups in total. The summed E-state index contributed by atoms with van der Waals surface area (Å²) in [5.41, 5.74) is 0. The van der Waals surface area contributed by atoms with Gasteiger partial charge in [-0.3, -0.25) is 0 Å². The van der Waals surface area contributed by atoms with E-state index in [1.54, 1.807) is 6.92 Å². The summed E-state index contributed by atoms with van der Waals surface area (Å²) in [5.74, 6) is 1.38. The molecule has 0 aromatic carbocycles. The number of rotatable bonds is 4. The zero-order chi connectivity index (χ0) is 7.28. The van der Waals surface area contributed by atoms with Crippen LogP contribution in [0, 0.1) is 5.92 Å². The van der Waals surface area contributed by atoms with Crippen molar-refractivity contribution in [2.75, 3.05) is 5.88 Å². The third kappa shape index (κ3) is 5.84. The van der Waals surface area contributed by atoms with Gasteiger partial charge in [-0.2, -0.15) is 0 Å². The van der Waals surface area contributed by atoms with Gasteiger partial charge in [0.1, 0.15) is 5.78 Å². The number of carbonyl (C=O) groups excluding carboxylic acids is 1. The molecule has 2 heteroatoms. The molecule has 0 fully saturated rings. The average molecular weight is 149 g/mol. The molecular weight excluding hydrogens is 136 g/mol. The zero-order valence-corrected chi connectivity index (χ0v) is 6.74. The van der Waals surface area contributed by atoms with E-state index in [1.807, 2.05) is 6.92 Å². The molecule has 0 spiro atoms. The molecule has 0 aliphatic rings. The Morgan fingerprint density at radius 3 is 2.56 bits per heavy atom. The Bertz CT molecular complexity index is 90.9. The van der Waals surface area contributed by atoms with E-state index in [0.29, 0.717) is 18.2 Å². The van der Waals surface area contributed by atoms with Crippen molar-refractivity contribution in [2.45, 2.75) is 26.7 Å². The van der Waals surface area contributed by atoms with Crippen molar-refractivity contribution < 1.29 is 4.79 Å². The highest BCUT2D eigenvalue weighted by atomic mass is 35.5. The number of hydrogen-bond donors (Lipinski definition) is 0. The predicted molar refractivity (Wildman–Crippen MR) is 39.8 cm³/mol. The van der Waals surface area contributed by atoms with Gasteiger partial charge in [-0.25, -0.2) is 0 Å². The average Bonchev–Trinajstić information content (AvgIpc) is 1.63. The lowest BCUT2D eigenvalue weighted by Gasteiger charge is -2.04. The molecule has 1 nitrogen and oxygen atoms in total. The SMILES string of the molecule is CC(=O)CC(C)CCCl. The Kier molecular flexibility index (Phi) is 4.78. The number of carbonyl (C=O) groups is 1. The van der Waals surface area contributed by atoms with Crippen molar-refractivity contribution in [1.29, 1.82) is 0 Å². The standard InChI is InChI=1S/C7H13ClO/c1-6(3-4-8)5-7(2)9/h6H,3-5H2,1-2H3. The van der Waals surface area contributed by atoms with Crippen molar-refractivity contribution in [3.8, 4) is 0 Å². The van der Waals surface area contributed by atoms with Gasteiger partial charge in [0.2, 0.25) is 0 Å². The van der Waals surface area contributed by atoms with Crippen molar-refractivity contribution in [1.82, 2.24) is 0 Å². The fraction of sp³-hybridized carbons (Fsp3) is 0.857. The summed E-state index contributed by atoms with van der Waals surface area (Å²) in [4.78, 5) is 10.5. The third-order valence-corrected chi connectivity index (χ3v) is 1.46. The highest BCUT2D eigenvalue weighted by Gasteiger charge is 2.02. The van der Waals surface area contributed by atoms with E-state index >= 15 is 0 Å². The molecule has 0 heterocycles. The maximum Gasteiger partial charge on any atom is 0.130 e. The Labute approximate surface area is 61.4 Å². The molecule has 0 saturated carbocycles. The second-order valence-electron chi connectivity index (χ2n) is 2.49. The van der Waals surface area contributed by atoms with E-state index in [9.17, 15) is 4.79 Å². The van der Waals surface area contributed by atoms with E-state index in [4.69, 9.17) is 11.6 Å². The molecule has 0 saturated heterocycles. The van der Waals surface area contributed by atoms with Crippen LogP contribution < -0.4 is 0 Å². The van der Waals surface area contributed by atoms with E-state index < -0.39 is 0 Å². The Morgan fingerprint density at radius 2 is 2.22 bits per heavy atom. The first-order chi connectivity index (χ1) is 4.16. The number of ketones is 1. The summed E-state index contributed by atoms with van der Waals surface area (Å²) in [6.45, 7) is 3.66. The molecule has 0 aliphatic carbocycles. The Balaban J connectivity index is 3.26. The van der Waals surface area contributed by atoms with Crippen LogP contribution in [-0.2, 0) is 4.79 Å². The van der Waals surface area contributed by atoms with Crippen molar-refractivity contribution in [3.05, 3.63) is 0 Å². The summed E-state index contributed by atoms with van der Waals surface area (Å²) in [6, 6.07) is 0. The molecule has 54 valence electrons. The van der Waals surface area contributed by atoms with Gasteiger partial charge in [0.05, 0.1) is 0 Å². The summed E-state index contributed by atoms with van der Waals surface area (Å²) in [6.07, 6.45) is 1.62. The summed E-state index contributed by atoms with van der Waals surface area (Å²) < 4.78 is 0. The minimum atomic E-state index is 0.257. The number of halogens is 1. The first-order valence-electron chi connectivity index (χ1n) is 3.22. The molecule has 0 rings (SSSR count). The molecule has 1 unspecified atom stereocenters. The van der Waals surface area contributed by atoms with Crippen LogP contribution in [0.3, 0.4) is 0 Å². The molecule has 9 heavy (non-hydrogen) atoms. The summed E-state index contributed by atoms with van der Waals surface area (Å²) >= 11 is 5.47. The van der Waals surface area contributed by atoms with E-state index in [0.717, 1.165) is 6.42 Å². The van der Waals surface area contributed by atoms with Crippen molar-refractivity contribution >= 4 is 17.4 Å². The molecule has 1 atom stereocenters. The van der Waals surface area contributed by atoms with Crippen LogP contribution in [0.2, 0.25) is 0 Å². The minimum absolute atomic E-state index is 0.257. The molecule has 0 radical (unpaired) electrons. The normalized spacial score (nSPS) is 13.2. The molecular formula is C7H13ClO. The van der Waals surface area contributed by atoms with E-state index in [1.165, 1.54) is 0 Å². The number of alkyl halides is 1. The lowest BCUT2D eigenvalue weighted by atomic mass is 10.0. The monoisotopic (exact) mass is 148 g/mol. The van der Waals surface area contributed by atoms with Gasteiger partial charge in [0, 0.05) is 12.3 Å². The van der Waals surface area contributed by atoms with Crippen LogP contribution in [0.15, 0.2) is 0 Å². The van der Waals surface area contributed by atoms with Crippen LogP contribution in [0.5, 0.6) is 0 Å². The van der Waals surface area contributed by atoms with Gasteiger partial charge in [0.25, 0.3) is 0 Å². The lowest BCUT2D eigenvalue weighted by Crippen LogP contribution is -2.01. The Morgan fingerprint density at radius 1 is 1.67 bits per heavy atom. The van der Waals surface area contributed by atoms with E-state index in [2.05, 4.69) is 0 Å². The van der Waals surface area contributed by atoms with Crippen LogP contribution in [-0.4, -0.2) is 11.7 Å². The highest BCUT2D eigenvalue weighted by Crippen LogP contribution is 2.07. The fourth-order valence-electron chi connectivity index (χ4n) is 0.779. The second-order valence-corrected chi connectivity index (χ2v) is 2.87. The van der Waals surface area contributed by atoms with Crippen LogP contribution >= 0.6 is 11.6 Å². The predicted octanol–water partition coefficient (Wildman–Crippen LogP) is 2.23. The maximum absolute atomic E-state index is 10.5. The molecule has 0 amide bonds. The minimum Gasteiger partial charge on any atom is -0.300 e. The molecule has 0 bridgehead atoms. The van der Waals surface area contributed by atoms with Crippen molar-refractivity contribution in [3.63, 3.8) is 0 Å². The van der Waals surface area contributed by atoms with Crippen LogP contribution in [0.4, 0.5) is 0 Å². The zero-order valence-electron chi connectivity index (χ0n) is 5.98. The fourth-order valence-corrected chi connectivity index (χ4v) is 1.15. The quantitative estimate of drug-likeness (QED) is 0.559. The first-order valence-corrected chi connectivity index (χ1v) is 3.75. The van der Waals surface area contributed by atoms with Gasteiger partial charge < -0.3 is 4.79 Å². The summed E-state index contributed by atoms with van der Waals surface area (Å²) in [5, 5.41) is 0. The van der Waals surface area contributed by atoms with Gasteiger partial charge in [-0.1, -0.05) is 6.92 Å². The molecule has 0 aromatic rings. The van der Waals surface area contributed by atoms with Gasteiger partial charge in [-0.15, -0.1) is 11.6 Å². The summed E-state index contributed by atoms with van der Waals surface area (Å²) in [7, 11) is 0. The highest BCUT2D eigenvalue weighted by molar-refractivity contribution is 6.17. The van der Waals surface area contributed by atoms with Gasteiger partial charge in [0.15, 0.2) is 0 Å². The van der Waals surface area contributed by atoms with Gasteiger partial charge >= 0.3 is 0 Å². The number of hydrogen-bond acceptors (Lipinski definition) is 1. The molecule has 0 aliphatic heterocycles. The van der Waals surface area contributed by atoms with Crippen molar-refractivity contribution in [2.24, 2.45) is 5.92 Å². The van der Waals surface area contributed by atoms with Crippen LogP contribution in [0.1, 0.15) is 26.7 Å². The maximum atomic E-state index is 10.5. The second kappa shape index (κ2) is 4.80. The number of Topliss-reactive ketones (excluding diaryl/α,β-unsaturated/α-hetero) is 1. The van der Waals surface area contributed by atoms with Gasteiger partial charge in [-0.05, 0) is 19.3 Å². The smallest absolute Gasteiger partial charge is 0.130 e.